The quantitative estimate of drug-likeness (QED) is 0.345. The summed E-state index contributed by atoms with van der Waals surface area (Å²) in [6, 6.07) is 5.07. The average molecular weight is 500 g/mol. The second-order valence-electron chi connectivity index (χ2n) is 8.93. The molecule has 196 valence electrons. The minimum absolute atomic E-state index is 0.0554. The average Bonchev–Trinajstić information content (AvgIpc) is 3.24. The number of imidazole rings is 1. The zero-order valence-corrected chi connectivity index (χ0v) is 21.9. The number of rotatable bonds is 9. The fourth-order valence-electron chi connectivity index (χ4n) is 3.51. The maximum absolute atomic E-state index is 11.8. The van der Waals surface area contributed by atoms with Gasteiger partial charge in [-0.15, -0.1) is 0 Å². The Labute approximate surface area is 210 Å². The van der Waals surface area contributed by atoms with Gasteiger partial charge in [0.15, 0.2) is 22.7 Å². The molecule has 0 aliphatic rings. The number of aromatic hydroxyl groups is 1. The first kappa shape index (κ1) is 28.4. The van der Waals surface area contributed by atoms with Gasteiger partial charge in [-0.3, -0.25) is 18.7 Å². The Morgan fingerprint density at radius 1 is 1.17 bits per heavy atom. The summed E-state index contributed by atoms with van der Waals surface area (Å²) >= 11 is 0. The molecule has 10 heteroatoms. The molecule has 0 radical (unpaired) electrons. The van der Waals surface area contributed by atoms with Crippen molar-refractivity contribution in [3.05, 3.63) is 63.1 Å². The van der Waals surface area contributed by atoms with Gasteiger partial charge in [-0.25, -0.2) is 9.78 Å². The van der Waals surface area contributed by atoms with Crippen LogP contribution in [0.15, 0.2) is 46.3 Å². The third kappa shape index (κ3) is 7.59. The second kappa shape index (κ2) is 13.3. The molecule has 1 amide bonds. The predicted octanol–water partition coefficient (Wildman–Crippen LogP) is 2.76. The van der Waals surface area contributed by atoms with E-state index in [0.717, 1.165) is 29.4 Å². The number of unbranched alkanes of at least 4 members (excludes halogenated alkanes) is 2. The third-order valence-corrected chi connectivity index (χ3v) is 5.60. The first-order chi connectivity index (χ1) is 17.1. The van der Waals surface area contributed by atoms with Crippen LogP contribution >= 0.6 is 0 Å². The van der Waals surface area contributed by atoms with Crippen LogP contribution in [0.3, 0.4) is 0 Å². The van der Waals surface area contributed by atoms with Crippen LogP contribution in [0.5, 0.6) is 11.5 Å². The zero-order chi connectivity index (χ0) is 26.8. The van der Waals surface area contributed by atoms with Crippen molar-refractivity contribution in [3.63, 3.8) is 0 Å². The number of nitrogens with zero attached hydrogens (tertiary/aromatic N) is 4. The Kier molecular flexibility index (Phi) is 10.5. The van der Waals surface area contributed by atoms with Crippen molar-refractivity contribution < 1.29 is 14.6 Å². The largest absolute Gasteiger partial charge is 0.504 e. The van der Waals surface area contributed by atoms with E-state index in [1.165, 1.54) is 25.1 Å². The van der Waals surface area contributed by atoms with Gasteiger partial charge < -0.3 is 19.7 Å². The summed E-state index contributed by atoms with van der Waals surface area (Å²) in [5.74, 6) is 1.17. The minimum Gasteiger partial charge on any atom is -0.504 e. The van der Waals surface area contributed by atoms with Gasteiger partial charge in [0.2, 0.25) is 5.91 Å². The number of carbonyl (C=O) groups excluding carboxylic acids is 1. The van der Waals surface area contributed by atoms with Crippen molar-refractivity contribution in [2.75, 3.05) is 7.11 Å². The van der Waals surface area contributed by atoms with Crippen LogP contribution < -0.4 is 21.3 Å². The van der Waals surface area contributed by atoms with Crippen LogP contribution in [0.1, 0.15) is 45.1 Å². The second-order valence-corrected chi connectivity index (χ2v) is 8.93. The van der Waals surface area contributed by atoms with Gasteiger partial charge in [-0.2, -0.15) is 0 Å². The smallest absolute Gasteiger partial charge is 0.332 e. The van der Waals surface area contributed by atoms with E-state index in [2.05, 4.69) is 36.3 Å². The summed E-state index contributed by atoms with van der Waals surface area (Å²) in [6.45, 7) is 4.76. The normalized spacial score (nSPS) is 11.1. The number of aryl methyl sites for hydroxylation is 2. The number of phenolic OH excluding ortho intramolecular Hbond substituents is 1. The molecule has 0 saturated carbocycles. The van der Waals surface area contributed by atoms with Crippen molar-refractivity contribution in [3.8, 4) is 11.5 Å². The highest BCUT2D eigenvalue weighted by Gasteiger charge is 2.11. The molecule has 0 atom stereocenters. The Bertz CT molecular complexity index is 1320. The monoisotopic (exact) mass is 499 g/mol. The molecule has 0 bridgehead atoms. The number of ether oxygens (including phenoxy) is 1. The van der Waals surface area contributed by atoms with E-state index in [1.54, 1.807) is 36.9 Å². The molecule has 10 nitrogen and oxygen atoms in total. The molecule has 0 fully saturated rings. The lowest BCUT2D eigenvalue weighted by Crippen LogP contribution is -2.37. The summed E-state index contributed by atoms with van der Waals surface area (Å²) < 4.78 is 9.08. The molecule has 3 aromatic rings. The van der Waals surface area contributed by atoms with E-state index in [4.69, 9.17) is 4.74 Å². The number of fused-ring (bicyclic) bond motifs is 1. The number of nitrogens with one attached hydrogen (secondary N) is 1. The van der Waals surface area contributed by atoms with Gasteiger partial charge in [0.05, 0.1) is 13.4 Å². The van der Waals surface area contributed by atoms with Crippen molar-refractivity contribution in [1.29, 1.82) is 0 Å². The molecule has 36 heavy (non-hydrogen) atoms. The van der Waals surface area contributed by atoms with Gasteiger partial charge in [-0.1, -0.05) is 32.1 Å². The predicted molar refractivity (Wildman–Crippen MR) is 140 cm³/mol. The van der Waals surface area contributed by atoms with E-state index in [1.807, 2.05) is 0 Å². The molecular weight excluding hydrogens is 462 g/mol. The van der Waals surface area contributed by atoms with Gasteiger partial charge in [0.25, 0.3) is 5.56 Å². The number of aromatic nitrogens is 4. The van der Waals surface area contributed by atoms with Gasteiger partial charge >= 0.3 is 5.69 Å². The number of hydrogen-bond donors (Lipinski definition) is 2. The molecule has 0 spiro atoms. The highest BCUT2D eigenvalue weighted by atomic mass is 16.5. The van der Waals surface area contributed by atoms with E-state index >= 15 is 0 Å². The van der Waals surface area contributed by atoms with E-state index in [-0.39, 0.29) is 22.9 Å². The van der Waals surface area contributed by atoms with E-state index < -0.39 is 0 Å². The lowest BCUT2D eigenvalue weighted by atomic mass is 10.1. The molecule has 3 rings (SSSR count). The van der Waals surface area contributed by atoms with Crippen molar-refractivity contribution in [2.45, 2.75) is 46.1 Å². The van der Waals surface area contributed by atoms with Crippen LogP contribution in [-0.4, -0.2) is 36.8 Å². The maximum atomic E-state index is 11.8. The molecule has 2 heterocycles. The van der Waals surface area contributed by atoms with Crippen molar-refractivity contribution >= 4 is 17.1 Å². The Hall–Kier alpha value is -3.82. The van der Waals surface area contributed by atoms with Gasteiger partial charge in [0, 0.05) is 34.1 Å². The van der Waals surface area contributed by atoms with E-state index in [9.17, 15) is 19.5 Å². The van der Waals surface area contributed by atoms with Crippen molar-refractivity contribution in [2.24, 2.45) is 27.1 Å². The standard InChI is InChI=1S/C18H27NO3.C8H10N4O2/c1-14(2)8-6-4-5-7-9-18(21)19-13-15-10-11-16(20)17(12-15)22-3;1-10-4-9-6-5(10)7(13)12(3)8(14)11(6)2/h6,8,10-12,14,20H,4-5,7,9,13H2,1-3H3,(H,19,21);4H,1-3H3/b8-6+;. The first-order valence-corrected chi connectivity index (χ1v) is 11.9. The Morgan fingerprint density at radius 3 is 2.56 bits per heavy atom. The summed E-state index contributed by atoms with van der Waals surface area (Å²) in [4.78, 5) is 38.9. The van der Waals surface area contributed by atoms with Crippen LogP contribution in [-0.2, 0) is 32.5 Å². The van der Waals surface area contributed by atoms with Gasteiger partial charge in [-0.05, 0) is 42.9 Å². The number of carbonyl (C=O) groups is 1. The highest BCUT2D eigenvalue weighted by molar-refractivity contribution is 5.75. The first-order valence-electron chi connectivity index (χ1n) is 11.9. The number of benzene rings is 1. The Balaban J connectivity index is 0.000000278. The summed E-state index contributed by atoms with van der Waals surface area (Å²) in [5, 5.41) is 12.4. The Morgan fingerprint density at radius 2 is 1.89 bits per heavy atom. The minimum atomic E-state index is -0.360. The lowest BCUT2D eigenvalue weighted by Gasteiger charge is -2.08. The molecule has 0 saturated heterocycles. The third-order valence-electron chi connectivity index (χ3n) is 5.60. The molecule has 0 unspecified atom stereocenters. The number of amides is 1. The molecule has 2 aromatic heterocycles. The lowest BCUT2D eigenvalue weighted by molar-refractivity contribution is -0.121. The summed E-state index contributed by atoms with van der Waals surface area (Å²) in [5.41, 5.74) is 1.09. The topological polar surface area (TPSA) is 120 Å². The number of phenols is 1. The fourth-order valence-corrected chi connectivity index (χ4v) is 3.51. The summed E-state index contributed by atoms with van der Waals surface area (Å²) in [6.07, 6.45) is 9.40. The van der Waals surface area contributed by atoms with Crippen LogP contribution in [0, 0.1) is 5.92 Å². The molecule has 0 aliphatic carbocycles. The number of methoxy groups -OCH3 is 1. The SMILES string of the molecule is COc1cc(CNC(=O)CCCC/C=C/C(C)C)ccc1O.Cn1c(=O)c2c(ncn2C)n(C)c1=O. The highest BCUT2D eigenvalue weighted by Crippen LogP contribution is 2.26. The van der Waals surface area contributed by atoms with E-state index in [0.29, 0.717) is 35.8 Å². The van der Waals surface area contributed by atoms with Crippen LogP contribution in [0.25, 0.3) is 11.2 Å². The zero-order valence-electron chi connectivity index (χ0n) is 21.9. The summed E-state index contributed by atoms with van der Waals surface area (Å²) in [7, 11) is 6.28. The van der Waals surface area contributed by atoms with Crippen LogP contribution in [0.2, 0.25) is 0 Å². The maximum Gasteiger partial charge on any atom is 0.332 e. The van der Waals surface area contributed by atoms with Gasteiger partial charge in [0.1, 0.15) is 0 Å². The molecule has 2 N–H and O–H groups in total. The van der Waals surface area contributed by atoms with Crippen molar-refractivity contribution in [1.82, 2.24) is 24.0 Å². The number of hydrogen-bond acceptors (Lipinski definition) is 6. The molecular formula is C26H37N5O5. The van der Waals surface area contributed by atoms with Crippen LogP contribution in [0.4, 0.5) is 0 Å². The molecule has 1 aromatic carbocycles. The number of allylic oxidation sites excluding steroid dienone is 2. The fraction of sp³-hybridized carbons (Fsp3) is 0.462. The molecule has 0 aliphatic heterocycles.